The second-order valence-corrected chi connectivity index (χ2v) is 8.58. The number of nitrogens with two attached hydrogens (primary N) is 1. The lowest BCUT2D eigenvalue weighted by atomic mass is 10.0. The quantitative estimate of drug-likeness (QED) is 0.219. The topological polar surface area (TPSA) is 200 Å². The standard InChI is InChI=1S/C15H18N4O8S2/c1-3-19-14(20)10(7-28(22,23)24)8(2)13(15(19)21)18-17-11-6-9(16)4-5-12(11)29(25,26)27/h4-7,15,21H,3,16H2,1-2H3,(H,22,23,24)(H,25,26,27). The lowest BCUT2D eigenvalue weighted by Crippen LogP contribution is -2.45. The van der Waals surface area contributed by atoms with E-state index < -0.39 is 42.8 Å². The van der Waals surface area contributed by atoms with Crippen molar-refractivity contribution in [3.63, 3.8) is 0 Å². The average molecular weight is 446 g/mol. The second kappa shape index (κ2) is 8.00. The minimum absolute atomic E-state index is 0.0380. The van der Waals surface area contributed by atoms with Gasteiger partial charge in [0.25, 0.3) is 26.1 Å². The lowest BCUT2D eigenvalue weighted by Gasteiger charge is -2.33. The highest BCUT2D eigenvalue weighted by Gasteiger charge is 2.35. The van der Waals surface area contributed by atoms with E-state index in [0.29, 0.717) is 5.41 Å². The second-order valence-electron chi connectivity index (χ2n) is 5.92. The van der Waals surface area contributed by atoms with Crippen molar-refractivity contribution in [1.29, 1.82) is 0 Å². The number of amides is 1. The Morgan fingerprint density at radius 3 is 2.34 bits per heavy atom. The third-order valence-corrected chi connectivity index (χ3v) is 5.39. The molecule has 0 bridgehead atoms. The molecule has 12 nitrogen and oxygen atoms in total. The molecule has 1 aromatic rings. The molecule has 1 atom stereocenters. The summed E-state index contributed by atoms with van der Waals surface area (Å²) in [5, 5.41) is 18.2. The van der Waals surface area contributed by atoms with E-state index >= 15 is 0 Å². The van der Waals surface area contributed by atoms with Gasteiger partial charge in [-0.25, -0.2) is 0 Å². The molecule has 1 aromatic carbocycles. The molecule has 0 aromatic heterocycles. The van der Waals surface area contributed by atoms with Crippen LogP contribution in [0.2, 0.25) is 0 Å². The van der Waals surface area contributed by atoms with Crippen molar-refractivity contribution in [3.05, 3.63) is 40.5 Å². The van der Waals surface area contributed by atoms with Crippen LogP contribution in [0, 0.1) is 0 Å². The van der Waals surface area contributed by atoms with Crippen LogP contribution in [0.1, 0.15) is 13.8 Å². The van der Waals surface area contributed by atoms with E-state index in [1.165, 1.54) is 19.9 Å². The zero-order valence-electron chi connectivity index (χ0n) is 15.2. The number of hydrogen-bond donors (Lipinski definition) is 4. The molecule has 1 unspecified atom stereocenters. The van der Waals surface area contributed by atoms with Crippen molar-refractivity contribution < 1.29 is 35.8 Å². The van der Waals surface area contributed by atoms with Crippen molar-refractivity contribution in [2.24, 2.45) is 10.2 Å². The fraction of sp³-hybridized carbons (Fsp3) is 0.267. The number of likely N-dealkylation sites (N-methyl/N-ethyl adjacent to an activating group) is 1. The maximum absolute atomic E-state index is 12.4. The van der Waals surface area contributed by atoms with Crippen LogP contribution in [0.4, 0.5) is 11.4 Å². The summed E-state index contributed by atoms with van der Waals surface area (Å²) in [5.41, 5.74) is 4.53. The average Bonchev–Trinajstić information content (AvgIpc) is 2.57. The van der Waals surface area contributed by atoms with E-state index in [-0.39, 0.29) is 29.2 Å². The summed E-state index contributed by atoms with van der Waals surface area (Å²) >= 11 is 0. The molecule has 1 heterocycles. The monoisotopic (exact) mass is 446 g/mol. The molecule has 0 spiro atoms. The summed E-state index contributed by atoms with van der Waals surface area (Å²) in [6.07, 6.45) is -1.62. The third-order valence-electron chi connectivity index (χ3n) is 3.95. The highest BCUT2D eigenvalue weighted by molar-refractivity contribution is 7.88. The van der Waals surface area contributed by atoms with E-state index in [1.807, 2.05) is 0 Å². The zero-order chi connectivity index (χ0) is 22.1. The molecule has 0 saturated carbocycles. The first-order valence-electron chi connectivity index (χ1n) is 7.94. The van der Waals surface area contributed by atoms with Crippen LogP contribution in [0.3, 0.4) is 0 Å². The predicted octanol–water partition coefficient (Wildman–Crippen LogP) is 0.825. The van der Waals surface area contributed by atoms with Gasteiger partial charge in [-0.1, -0.05) is 0 Å². The van der Waals surface area contributed by atoms with Gasteiger partial charge in [0, 0.05) is 12.2 Å². The summed E-state index contributed by atoms with van der Waals surface area (Å²) in [6.45, 7) is 2.74. The van der Waals surface area contributed by atoms with Gasteiger partial charge >= 0.3 is 0 Å². The Kier molecular flexibility index (Phi) is 6.24. The fourth-order valence-electron chi connectivity index (χ4n) is 2.57. The molecule has 1 aliphatic rings. The number of benzene rings is 1. The van der Waals surface area contributed by atoms with Gasteiger partial charge in [-0.2, -0.15) is 16.8 Å². The van der Waals surface area contributed by atoms with Crippen LogP contribution in [-0.2, 0) is 25.0 Å². The largest absolute Gasteiger partial charge is 0.399 e. The molecule has 158 valence electrons. The maximum Gasteiger partial charge on any atom is 0.296 e. The Balaban J connectivity index is 2.68. The molecule has 0 fully saturated rings. The summed E-state index contributed by atoms with van der Waals surface area (Å²) in [7, 11) is -9.35. The third kappa shape index (κ3) is 5.04. The molecule has 1 amide bonds. The molecule has 0 radical (unpaired) electrons. The first-order valence-corrected chi connectivity index (χ1v) is 10.9. The number of azo groups is 1. The number of rotatable bonds is 5. The van der Waals surface area contributed by atoms with Gasteiger partial charge in [0.15, 0.2) is 6.23 Å². The highest BCUT2D eigenvalue weighted by atomic mass is 32.2. The Morgan fingerprint density at radius 2 is 1.83 bits per heavy atom. The van der Waals surface area contributed by atoms with E-state index in [0.717, 1.165) is 17.0 Å². The summed E-state index contributed by atoms with van der Waals surface area (Å²) in [4.78, 5) is 12.7. The number of aliphatic hydroxyl groups excluding tert-OH is 1. The van der Waals surface area contributed by atoms with E-state index in [9.17, 15) is 31.3 Å². The summed E-state index contributed by atoms with van der Waals surface area (Å²) < 4.78 is 63.7. The first kappa shape index (κ1) is 22.6. The number of nitrogen functional groups attached to an aromatic ring is 1. The van der Waals surface area contributed by atoms with Crippen molar-refractivity contribution in [1.82, 2.24) is 4.90 Å². The Hall–Kier alpha value is -2.65. The summed E-state index contributed by atoms with van der Waals surface area (Å²) in [6, 6.07) is 3.32. The number of anilines is 1. The van der Waals surface area contributed by atoms with Gasteiger partial charge in [0.2, 0.25) is 0 Å². The molecule has 14 heteroatoms. The molecule has 5 N–H and O–H groups in total. The van der Waals surface area contributed by atoms with Crippen molar-refractivity contribution in [2.75, 3.05) is 12.3 Å². The number of hydrogen-bond acceptors (Lipinski definition) is 9. The lowest BCUT2D eigenvalue weighted by molar-refractivity contribution is -0.135. The Bertz CT molecular complexity index is 1150. The van der Waals surface area contributed by atoms with Gasteiger partial charge in [0.05, 0.1) is 11.0 Å². The first-order chi connectivity index (χ1) is 13.3. The SMILES string of the molecule is CCN1C(=O)C(=CS(=O)(=O)O)C(C)=C(N=Nc2cc(N)ccc2S(=O)(=O)O)C1O. The number of carbonyl (C=O) groups is 1. The highest BCUT2D eigenvalue weighted by Crippen LogP contribution is 2.32. The van der Waals surface area contributed by atoms with Crippen LogP contribution in [0.25, 0.3) is 0 Å². The minimum Gasteiger partial charge on any atom is -0.399 e. The van der Waals surface area contributed by atoms with Crippen LogP contribution in [0.15, 0.2) is 55.6 Å². The van der Waals surface area contributed by atoms with Crippen LogP contribution in [0.5, 0.6) is 0 Å². The van der Waals surface area contributed by atoms with Gasteiger partial charge in [-0.15, -0.1) is 10.2 Å². The maximum atomic E-state index is 12.4. The molecule has 1 aliphatic heterocycles. The number of aliphatic hydroxyl groups is 1. The zero-order valence-corrected chi connectivity index (χ0v) is 16.8. The molecule has 2 rings (SSSR count). The van der Waals surface area contributed by atoms with E-state index in [1.54, 1.807) is 0 Å². The number of carbonyl (C=O) groups excluding carboxylic acids is 1. The van der Waals surface area contributed by atoms with Crippen molar-refractivity contribution in [3.8, 4) is 0 Å². The summed E-state index contributed by atoms with van der Waals surface area (Å²) in [5.74, 6) is -0.864. The van der Waals surface area contributed by atoms with Gasteiger partial charge < -0.3 is 15.7 Å². The van der Waals surface area contributed by atoms with E-state index in [2.05, 4.69) is 10.2 Å². The van der Waals surface area contributed by atoms with Gasteiger partial charge in [-0.05, 0) is 37.6 Å². The molecular formula is C15H18N4O8S2. The van der Waals surface area contributed by atoms with Gasteiger partial charge in [0.1, 0.15) is 16.3 Å². The smallest absolute Gasteiger partial charge is 0.296 e. The van der Waals surface area contributed by atoms with Crippen LogP contribution >= 0.6 is 0 Å². The molecule has 29 heavy (non-hydrogen) atoms. The van der Waals surface area contributed by atoms with Crippen LogP contribution in [-0.4, -0.2) is 54.6 Å². The number of nitrogens with zero attached hydrogens (tertiary/aromatic N) is 3. The molecule has 0 aliphatic carbocycles. The van der Waals surface area contributed by atoms with Crippen molar-refractivity contribution in [2.45, 2.75) is 25.0 Å². The molecule has 0 saturated heterocycles. The Morgan fingerprint density at radius 1 is 1.21 bits per heavy atom. The van der Waals surface area contributed by atoms with E-state index in [4.69, 9.17) is 10.3 Å². The Labute approximate surface area is 166 Å². The normalized spacial score (nSPS) is 20.2. The fourth-order valence-corrected chi connectivity index (χ4v) is 3.75. The van der Waals surface area contributed by atoms with Gasteiger partial charge in [-0.3, -0.25) is 13.9 Å². The predicted molar refractivity (Wildman–Crippen MR) is 101 cm³/mol. The molecular weight excluding hydrogens is 428 g/mol. The van der Waals surface area contributed by atoms with Crippen molar-refractivity contribution >= 4 is 37.5 Å². The minimum atomic E-state index is -4.69. The van der Waals surface area contributed by atoms with Crippen LogP contribution < -0.4 is 5.73 Å².